The molecule has 0 saturated heterocycles. The van der Waals surface area contributed by atoms with Gasteiger partial charge >= 0.3 is 0 Å². The summed E-state index contributed by atoms with van der Waals surface area (Å²) < 4.78 is 13.3. The van der Waals surface area contributed by atoms with E-state index in [1.807, 2.05) is 6.92 Å². The van der Waals surface area contributed by atoms with E-state index in [-0.39, 0.29) is 11.7 Å². The molecule has 5 heteroatoms. The highest BCUT2D eigenvalue weighted by Crippen LogP contribution is 2.16. The molecule has 0 fully saturated rings. The zero-order valence-electron chi connectivity index (χ0n) is 9.47. The topological polar surface area (TPSA) is 29.1 Å². The molecule has 0 aliphatic rings. The SMILES string of the molecule is CC(CCCl)CNC(=O)c1ccc(F)c(Br)c1. The molecule has 1 unspecified atom stereocenters. The largest absolute Gasteiger partial charge is 0.352 e. The van der Waals surface area contributed by atoms with Crippen molar-refractivity contribution in [3.8, 4) is 0 Å². The van der Waals surface area contributed by atoms with Crippen LogP contribution >= 0.6 is 27.5 Å². The van der Waals surface area contributed by atoms with Crippen molar-refractivity contribution in [1.82, 2.24) is 5.32 Å². The average Bonchev–Trinajstić information content (AvgIpc) is 2.30. The number of carbonyl (C=O) groups excluding carboxylic acids is 1. The summed E-state index contributed by atoms with van der Waals surface area (Å²) in [5.41, 5.74) is 0.441. The van der Waals surface area contributed by atoms with Crippen LogP contribution in [0, 0.1) is 11.7 Å². The Morgan fingerprint density at radius 1 is 1.59 bits per heavy atom. The second-order valence-corrected chi connectivity index (χ2v) is 5.15. The van der Waals surface area contributed by atoms with Gasteiger partial charge in [0.2, 0.25) is 0 Å². The van der Waals surface area contributed by atoms with E-state index in [2.05, 4.69) is 21.2 Å². The molecular formula is C12H14BrClFNO. The quantitative estimate of drug-likeness (QED) is 0.825. The summed E-state index contributed by atoms with van der Waals surface area (Å²) in [6.07, 6.45) is 0.856. The highest BCUT2D eigenvalue weighted by atomic mass is 79.9. The molecule has 94 valence electrons. The number of benzene rings is 1. The summed E-state index contributed by atoms with van der Waals surface area (Å²) in [5.74, 6) is 0.337. The van der Waals surface area contributed by atoms with Crippen LogP contribution in [-0.4, -0.2) is 18.3 Å². The normalized spacial score (nSPS) is 12.2. The number of hydrogen-bond acceptors (Lipinski definition) is 1. The van der Waals surface area contributed by atoms with Crippen molar-refractivity contribution in [2.45, 2.75) is 13.3 Å². The fourth-order valence-corrected chi connectivity index (χ4v) is 2.05. The van der Waals surface area contributed by atoms with Gasteiger partial charge < -0.3 is 5.32 Å². The lowest BCUT2D eigenvalue weighted by atomic mass is 10.1. The molecule has 0 aromatic heterocycles. The fraction of sp³-hybridized carbons (Fsp3) is 0.417. The van der Waals surface area contributed by atoms with Crippen LogP contribution in [0.5, 0.6) is 0 Å². The van der Waals surface area contributed by atoms with Crippen LogP contribution in [0.2, 0.25) is 0 Å². The van der Waals surface area contributed by atoms with Crippen LogP contribution in [0.25, 0.3) is 0 Å². The molecule has 1 amide bonds. The van der Waals surface area contributed by atoms with Gasteiger partial charge in [0.25, 0.3) is 5.91 Å². The molecule has 0 saturated carbocycles. The van der Waals surface area contributed by atoms with Gasteiger partial charge in [-0.05, 0) is 46.5 Å². The first kappa shape index (κ1) is 14.5. The van der Waals surface area contributed by atoms with E-state index < -0.39 is 0 Å². The van der Waals surface area contributed by atoms with Gasteiger partial charge in [-0.15, -0.1) is 11.6 Å². The minimum Gasteiger partial charge on any atom is -0.352 e. The molecule has 0 spiro atoms. The standard InChI is InChI=1S/C12H14BrClFNO/c1-8(4-5-14)7-16-12(17)9-2-3-11(15)10(13)6-9/h2-3,6,8H,4-5,7H2,1H3,(H,16,17). The van der Waals surface area contributed by atoms with Gasteiger partial charge in [0, 0.05) is 18.0 Å². The van der Waals surface area contributed by atoms with Crippen molar-refractivity contribution < 1.29 is 9.18 Å². The summed E-state index contributed by atoms with van der Waals surface area (Å²) in [4.78, 5) is 11.7. The molecule has 0 heterocycles. The molecule has 0 radical (unpaired) electrons. The van der Waals surface area contributed by atoms with Crippen LogP contribution in [0.1, 0.15) is 23.7 Å². The Morgan fingerprint density at radius 2 is 2.29 bits per heavy atom. The minimum atomic E-state index is -0.378. The first-order chi connectivity index (χ1) is 8.04. The van der Waals surface area contributed by atoms with Crippen LogP contribution in [0.15, 0.2) is 22.7 Å². The second kappa shape index (κ2) is 6.97. The van der Waals surface area contributed by atoms with Gasteiger partial charge in [-0.2, -0.15) is 0 Å². The third-order valence-electron chi connectivity index (χ3n) is 2.39. The number of rotatable bonds is 5. The van der Waals surface area contributed by atoms with Crippen LogP contribution in [0.3, 0.4) is 0 Å². The predicted molar refractivity (Wildman–Crippen MR) is 70.9 cm³/mol. The number of halogens is 3. The third-order valence-corrected chi connectivity index (χ3v) is 3.22. The lowest BCUT2D eigenvalue weighted by Crippen LogP contribution is -2.28. The Labute approximate surface area is 114 Å². The summed E-state index contributed by atoms with van der Waals surface area (Å²) in [6, 6.07) is 4.19. The first-order valence-electron chi connectivity index (χ1n) is 5.33. The molecule has 1 N–H and O–H groups in total. The fourth-order valence-electron chi connectivity index (χ4n) is 1.29. The van der Waals surface area contributed by atoms with Gasteiger partial charge in [-0.25, -0.2) is 4.39 Å². The Morgan fingerprint density at radius 3 is 2.88 bits per heavy atom. The van der Waals surface area contributed by atoms with Crippen LogP contribution in [-0.2, 0) is 0 Å². The van der Waals surface area contributed by atoms with Crippen LogP contribution in [0.4, 0.5) is 4.39 Å². The molecule has 1 aromatic carbocycles. The maximum Gasteiger partial charge on any atom is 0.251 e. The lowest BCUT2D eigenvalue weighted by molar-refractivity contribution is 0.0947. The monoisotopic (exact) mass is 321 g/mol. The van der Waals surface area contributed by atoms with Crippen molar-refractivity contribution in [2.75, 3.05) is 12.4 Å². The highest BCUT2D eigenvalue weighted by Gasteiger charge is 2.09. The van der Waals surface area contributed by atoms with Gasteiger partial charge in [0.15, 0.2) is 0 Å². The van der Waals surface area contributed by atoms with Gasteiger partial charge in [0.1, 0.15) is 5.82 Å². The Kier molecular flexibility index (Phi) is 5.92. The van der Waals surface area contributed by atoms with Crippen molar-refractivity contribution in [1.29, 1.82) is 0 Å². The molecule has 0 bridgehead atoms. The van der Waals surface area contributed by atoms with E-state index >= 15 is 0 Å². The van der Waals surface area contributed by atoms with E-state index in [9.17, 15) is 9.18 Å². The summed E-state index contributed by atoms with van der Waals surface area (Å²) >= 11 is 8.65. The van der Waals surface area contributed by atoms with Gasteiger partial charge in [-0.3, -0.25) is 4.79 Å². The number of hydrogen-bond donors (Lipinski definition) is 1. The molecule has 1 aromatic rings. The molecule has 0 aliphatic heterocycles. The minimum absolute atomic E-state index is 0.202. The number of carbonyl (C=O) groups is 1. The molecular weight excluding hydrogens is 308 g/mol. The van der Waals surface area contributed by atoms with Crippen molar-refractivity contribution in [3.05, 3.63) is 34.1 Å². The summed E-state index contributed by atoms with van der Waals surface area (Å²) in [5, 5.41) is 2.79. The molecule has 1 atom stereocenters. The zero-order valence-corrected chi connectivity index (χ0v) is 11.8. The Balaban J connectivity index is 2.55. The van der Waals surface area contributed by atoms with E-state index in [0.29, 0.717) is 28.4 Å². The lowest BCUT2D eigenvalue weighted by Gasteiger charge is -2.11. The molecule has 1 rings (SSSR count). The summed E-state index contributed by atoms with van der Waals surface area (Å²) in [6.45, 7) is 2.59. The number of nitrogens with one attached hydrogen (secondary N) is 1. The second-order valence-electron chi connectivity index (χ2n) is 3.92. The van der Waals surface area contributed by atoms with E-state index in [4.69, 9.17) is 11.6 Å². The molecule has 0 aliphatic carbocycles. The van der Waals surface area contributed by atoms with Crippen molar-refractivity contribution >= 4 is 33.4 Å². The van der Waals surface area contributed by atoms with Crippen LogP contribution < -0.4 is 5.32 Å². The van der Waals surface area contributed by atoms with E-state index in [0.717, 1.165) is 6.42 Å². The Hall–Kier alpha value is -0.610. The number of alkyl halides is 1. The molecule has 2 nitrogen and oxygen atoms in total. The highest BCUT2D eigenvalue weighted by molar-refractivity contribution is 9.10. The summed E-state index contributed by atoms with van der Waals surface area (Å²) in [7, 11) is 0. The Bertz CT molecular complexity index is 400. The van der Waals surface area contributed by atoms with Crippen molar-refractivity contribution in [2.24, 2.45) is 5.92 Å². The van der Waals surface area contributed by atoms with Crippen molar-refractivity contribution in [3.63, 3.8) is 0 Å². The maximum atomic E-state index is 13.0. The maximum absolute atomic E-state index is 13.0. The van der Waals surface area contributed by atoms with Gasteiger partial charge in [-0.1, -0.05) is 6.92 Å². The average molecular weight is 323 g/mol. The smallest absolute Gasteiger partial charge is 0.251 e. The molecule has 17 heavy (non-hydrogen) atoms. The predicted octanol–water partition coefficient (Wildman–Crippen LogP) is 3.58. The van der Waals surface area contributed by atoms with E-state index in [1.54, 1.807) is 0 Å². The van der Waals surface area contributed by atoms with E-state index in [1.165, 1.54) is 18.2 Å². The zero-order chi connectivity index (χ0) is 12.8. The van der Waals surface area contributed by atoms with Gasteiger partial charge in [0.05, 0.1) is 4.47 Å². The first-order valence-corrected chi connectivity index (χ1v) is 6.66. The third kappa shape index (κ3) is 4.64. The number of amides is 1.